The summed E-state index contributed by atoms with van der Waals surface area (Å²) in [6.07, 6.45) is 2.91. The molecule has 1 fully saturated rings. The van der Waals surface area contributed by atoms with Gasteiger partial charge in [-0.3, -0.25) is 4.79 Å². The number of carbonyl (C=O) groups excluding carboxylic acids is 1. The Labute approximate surface area is 119 Å². The molecule has 1 aromatic carbocycles. The van der Waals surface area contributed by atoms with Crippen molar-refractivity contribution < 1.29 is 15.0 Å². The number of rotatable bonds is 2. The van der Waals surface area contributed by atoms with Gasteiger partial charge in [-0.2, -0.15) is 0 Å². The van der Waals surface area contributed by atoms with Crippen LogP contribution in [0.2, 0.25) is 0 Å². The Bertz CT molecular complexity index is 513. The van der Waals surface area contributed by atoms with Crippen LogP contribution in [0, 0.1) is 11.8 Å². The lowest BCUT2D eigenvalue weighted by Gasteiger charge is -2.34. The van der Waals surface area contributed by atoms with Gasteiger partial charge in [0.25, 0.3) is 5.91 Å². The second-order valence-corrected chi connectivity index (χ2v) is 4.87. The highest BCUT2D eigenvalue weighted by Crippen LogP contribution is 2.19. The van der Waals surface area contributed by atoms with E-state index in [1.165, 1.54) is 0 Å². The smallest absolute Gasteiger partial charge is 0.254 e. The van der Waals surface area contributed by atoms with Gasteiger partial charge in [0, 0.05) is 17.7 Å². The van der Waals surface area contributed by atoms with Crippen molar-refractivity contribution >= 4 is 5.91 Å². The molecule has 0 aliphatic carbocycles. The molecule has 0 bridgehead atoms. The first kappa shape index (κ1) is 14.6. The van der Waals surface area contributed by atoms with Crippen molar-refractivity contribution in [3.05, 3.63) is 35.4 Å². The molecule has 106 valence electrons. The number of amides is 1. The molecule has 0 spiro atoms. The first-order valence-corrected chi connectivity index (χ1v) is 6.88. The van der Waals surface area contributed by atoms with E-state index in [0.717, 1.165) is 24.8 Å². The van der Waals surface area contributed by atoms with Gasteiger partial charge in [-0.05, 0) is 43.5 Å². The van der Waals surface area contributed by atoms with Crippen LogP contribution in [0.1, 0.15) is 35.2 Å². The maximum absolute atomic E-state index is 12.4. The van der Waals surface area contributed by atoms with E-state index in [2.05, 4.69) is 11.8 Å². The molecule has 1 aliphatic heterocycles. The summed E-state index contributed by atoms with van der Waals surface area (Å²) in [5.74, 6) is 5.33. The molecule has 0 radical (unpaired) electrons. The zero-order valence-corrected chi connectivity index (χ0v) is 11.4. The van der Waals surface area contributed by atoms with E-state index in [1.807, 2.05) is 0 Å². The number of hydrogen-bond acceptors (Lipinski definition) is 3. The van der Waals surface area contributed by atoms with Gasteiger partial charge in [-0.25, -0.2) is 0 Å². The van der Waals surface area contributed by atoms with Crippen LogP contribution >= 0.6 is 0 Å². The second kappa shape index (κ2) is 7.09. The molecule has 1 amide bonds. The summed E-state index contributed by atoms with van der Waals surface area (Å²) in [6, 6.07) is 6.96. The van der Waals surface area contributed by atoms with Crippen molar-refractivity contribution in [2.45, 2.75) is 25.3 Å². The van der Waals surface area contributed by atoms with Crippen LogP contribution in [-0.4, -0.2) is 46.8 Å². The summed E-state index contributed by atoms with van der Waals surface area (Å²) in [4.78, 5) is 14.2. The lowest BCUT2D eigenvalue weighted by Crippen LogP contribution is -2.45. The lowest BCUT2D eigenvalue weighted by molar-refractivity contribution is 0.0503. The monoisotopic (exact) mass is 273 g/mol. The van der Waals surface area contributed by atoms with Gasteiger partial charge in [0.15, 0.2) is 0 Å². The van der Waals surface area contributed by atoms with Crippen molar-refractivity contribution in [1.29, 1.82) is 0 Å². The molecule has 1 atom stereocenters. The van der Waals surface area contributed by atoms with Crippen molar-refractivity contribution in [2.75, 3.05) is 19.8 Å². The third-order valence-electron chi connectivity index (χ3n) is 3.54. The van der Waals surface area contributed by atoms with Crippen molar-refractivity contribution in [3.63, 3.8) is 0 Å². The summed E-state index contributed by atoms with van der Waals surface area (Å²) >= 11 is 0. The molecule has 2 N–H and O–H groups in total. The first-order valence-electron chi connectivity index (χ1n) is 6.88. The minimum absolute atomic E-state index is 0.0196. The van der Waals surface area contributed by atoms with E-state index < -0.39 is 0 Å². The molecule has 1 heterocycles. The van der Waals surface area contributed by atoms with E-state index >= 15 is 0 Å². The van der Waals surface area contributed by atoms with E-state index in [1.54, 1.807) is 29.2 Å². The highest BCUT2D eigenvalue weighted by molar-refractivity contribution is 5.94. The van der Waals surface area contributed by atoms with Gasteiger partial charge in [-0.1, -0.05) is 11.8 Å². The van der Waals surface area contributed by atoms with Gasteiger partial charge in [0.2, 0.25) is 0 Å². The molecular formula is C16H19NO3. The second-order valence-electron chi connectivity index (χ2n) is 4.87. The van der Waals surface area contributed by atoms with E-state index in [0.29, 0.717) is 12.1 Å². The molecule has 20 heavy (non-hydrogen) atoms. The number of aliphatic hydroxyl groups excluding tert-OH is 2. The minimum atomic E-state index is -0.174. The van der Waals surface area contributed by atoms with Crippen LogP contribution in [0.25, 0.3) is 0 Å². The number of piperidine rings is 1. The fourth-order valence-electron chi connectivity index (χ4n) is 2.46. The molecule has 2 rings (SSSR count). The molecular weight excluding hydrogens is 254 g/mol. The standard InChI is InChI=1S/C16H19NO3/c18-11-3-4-13-6-8-14(9-7-13)16(20)17-10-2-1-5-15(17)12-19/h6-9,15,18-19H,1-2,5,10-12H2. The maximum Gasteiger partial charge on any atom is 0.254 e. The van der Waals surface area contributed by atoms with Gasteiger partial charge in [-0.15, -0.1) is 0 Å². The molecule has 1 saturated heterocycles. The number of aliphatic hydroxyl groups is 2. The minimum Gasteiger partial charge on any atom is -0.394 e. The van der Waals surface area contributed by atoms with Gasteiger partial charge in [0.1, 0.15) is 6.61 Å². The lowest BCUT2D eigenvalue weighted by atomic mass is 10.0. The van der Waals surface area contributed by atoms with E-state index in [4.69, 9.17) is 5.11 Å². The van der Waals surface area contributed by atoms with E-state index in [9.17, 15) is 9.90 Å². The number of nitrogens with zero attached hydrogens (tertiary/aromatic N) is 1. The predicted molar refractivity (Wildman–Crippen MR) is 76.2 cm³/mol. The van der Waals surface area contributed by atoms with Crippen LogP contribution in [0.3, 0.4) is 0 Å². The Morgan fingerprint density at radius 1 is 1.25 bits per heavy atom. The number of hydrogen-bond donors (Lipinski definition) is 2. The van der Waals surface area contributed by atoms with Crippen molar-refractivity contribution in [1.82, 2.24) is 4.90 Å². The quantitative estimate of drug-likeness (QED) is 0.791. The van der Waals surface area contributed by atoms with Gasteiger partial charge >= 0.3 is 0 Å². The molecule has 0 aromatic heterocycles. The van der Waals surface area contributed by atoms with Crippen LogP contribution in [0.4, 0.5) is 0 Å². The number of benzene rings is 1. The SMILES string of the molecule is O=C(c1ccc(C#CCO)cc1)N1CCCCC1CO. The summed E-state index contributed by atoms with van der Waals surface area (Å²) in [7, 11) is 0. The number of likely N-dealkylation sites (tertiary alicyclic amines) is 1. The van der Waals surface area contributed by atoms with Gasteiger partial charge < -0.3 is 15.1 Å². The molecule has 4 heteroatoms. The third-order valence-corrected chi connectivity index (χ3v) is 3.54. The summed E-state index contributed by atoms with van der Waals surface area (Å²) in [5, 5.41) is 18.0. The fourth-order valence-corrected chi connectivity index (χ4v) is 2.46. The van der Waals surface area contributed by atoms with Crippen LogP contribution in [-0.2, 0) is 0 Å². The Kier molecular flexibility index (Phi) is 5.16. The summed E-state index contributed by atoms with van der Waals surface area (Å²) in [6.45, 7) is 0.550. The Morgan fingerprint density at radius 2 is 2.00 bits per heavy atom. The average Bonchev–Trinajstić information content (AvgIpc) is 2.52. The molecule has 0 saturated carbocycles. The summed E-state index contributed by atoms with van der Waals surface area (Å²) < 4.78 is 0. The highest BCUT2D eigenvalue weighted by atomic mass is 16.3. The van der Waals surface area contributed by atoms with E-state index in [-0.39, 0.29) is 25.2 Å². The van der Waals surface area contributed by atoms with Crippen LogP contribution in [0.15, 0.2) is 24.3 Å². The van der Waals surface area contributed by atoms with Crippen molar-refractivity contribution in [3.8, 4) is 11.8 Å². The third kappa shape index (κ3) is 3.38. The molecule has 1 aliphatic rings. The fraction of sp³-hybridized carbons (Fsp3) is 0.438. The first-order chi connectivity index (χ1) is 9.76. The molecule has 1 aromatic rings. The number of carbonyl (C=O) groups is 1. The highest BCUT2D eigenvalue weighted by Gasteiger charge is 2.26. The maximum atomic E-state index is 12.4. The van der Waals surface area contributed by atoms with Crippen LogP contribution in [0.5, 0.6) is 0 Å². The Hall–Kier alpha value is -1.83. The zero-order chi connectivity index (χ0) is 14.4. The largest absolute Gasteiger partial charge is 0.394 e. The Morgan fingerprint density at radius 3 is 2.65 bits per heavy atom. The molecule has 4 nitrogen and oxygen atoms in total. The van der Waals surface area contributed by atoms with Crippen LogP contribution < -0.4 is 0 Å². The normalized spacial score (nSPS) is 18.3. The topological polar surface area (TPSA) is 60.8 Å². The van der Waals surface area contributed by atoms with Gasteiger partial charge in [0.05, 0.1) is 12.6 Å². The average molecular weight is 273 g/mol. The predicted octanol–water partition coefficient (Wildman–Crippen LogP) is 1.02. The zero-order valence-electron chi connectivity index (χ0n) is 11.4. The Balaban J connectivity index is 2.12. The van der Waals surface area contributed by atoms with Crippen molar-refractivity contribution in [2.24, 2.45) is 0 Å². The summed E-state index contributed by atoms with van der Waals surface area (Å²) in [5.41, 5.74) is 1.38. The molecule has 1 unspecified atom stereocenters.